The van der Waals surface area contributed by atoms with E-state index in [0.29, 0.717) is 12.6 Å². The minimum Gasteiger partial charge on any atom is -0.388 e. The minimum absolute atomic E-state index is 0.426. The number of nitrogens with zero attached hydrogens (tertiary/aromatic N) is 1. The standard InChI is InChI=1S/C10H13FN2O5/c1-2-5-6(14)7(15)9(18-5)13-3-4(11)8(16)12-10(13)17/h3,5-7,9,14-15H,2H2,1H3,(H,12,16,17)/t5-,6-,7-,9-/m1/s1. The maximum Gasteiger partial charge on any atom is 0.330 e. The molecule has 2 heterocycles. The lowest BCUT2D eigenvalue weighted by Gasteiger charge is -2.16. The number of H-pyrrole nitrogens is 1. The first-order valence-corrected chi connectivity index (χ1v) is 5.48. The lowest BCUT2D eigenvalue weighted by molar-refractivity contribution is -0.0410. The topological polar surface area (TPSA) is 105 Å². The maximum atomic E-state index is 13.1. The van der Waals surface area contributed by atoms with Crippen LogP contribution in [0.15, 0.2) is 15.8 Å². The number of aliphatic hydroxyl groups excluding tert-OH is 2. The zero-order chi connectivity index (χ0) is 13.4. The van der Waals surface area contributed by atoms with Crippen molar-refractivity contribution in [2.24, 2.45) is 0 Å². The Labute approximate surface area is 100 Å². The fourth-order valence-electron chi connectivity index (χ4n) is 1.95. The largest absolute Gasteiger partial charge is 0.388 e. The fraction of sp³-hybridized carbons (Fsp3) is 0.600. The van der Waals surface area contributed by atoms with Crippen LogP contribution in [0.2, 0.25) is 0 Å². The number of nitrogens with one attached hydrogen (secondary N) is 1. The van der Waals surface area contributed by atoms with Crippen molar-refractivity contribution >= 4 is 0 Å². The number of rotatable bonds is 2. The van der Waals surface area contributed by atoms with Gasteiger partial charge in [-0.2, -0.15) is 4.39 Å². The van der Waals surface area contributed by atoms with E-state index in [1.165, 1.54) is 0 Å². The van der Waals surface area contributed by atoms with Crippen LogP contribution in [-0.4, -0.2) is 38.1 Å². The van der Waals surface area contributed by atoms with E-state index in [0.717, 1.165) is 4.57 Å². The number of aliphatic hydroxyl groups is 2. The average molecular weight is 260 g/mol. The van der Waals surface area contributed by atoms with Crippen LogP contribution in [0.3, 0.4) is 0 Å². The van der Waals surface area contributed by atoms with Crippen molar-refractivity contribution in [3.63, 3.8) is 0 Å². The smallest absolute Gasteiger partial charge is 0.330 e. The van der Waals surface area contributed by atoms with Gasteiger partial charge in [-0.15, -0.1) is 0 Å². The van der Waals surface area contributed by atoms with E-state index in [1.807, 2.05) is 0 Å². The highest BCUT2D eigenvalue weighted by Crippen LogP contribution is 2.29. The SMILES string of the molecule is CC[C@H]1O[C@@H](n2cc(F)c(=O)[nH]c2=O)[C@H](O)[C@@H]1O. The van der Waals surface area contributed by atoms with Crippen LogP contribution >= 0.6 is 0 Å². The van der Waals surface area contributed by atoms with Crippen LogP contribution in [0.1, 0.15) is 19.6 Å². The molecule has 1 aliphatic rings. The Morgan fingerprint density at radius 2 is 2.11 bits per heavy atom. The Hall–Kier alpha value is -1.51. The molecular weight excluding hydrogens is 247 g/mol. The summed E-state index contributed by atoms with van der Waals surface area (Å²) in [6.07, 6.45) is -3.31. The monoisotopic (exact) mass is 260 g/mol. The number of aromatic nitrogens is 2. The van der Waals surface area contributed by atoms with Gasteiger partial charge in [-0.1, -0.05) is 6.92 Å². The molecule has 8 heteroatoms. The molecule has 2 rings (SSSR count). The van der Waals surface area contributed by atoms with E-state index in [-0.39, 0.29) is 0 Å². The highest BCUT2D eigenvalue weighted by atomic mass is 19.1. The second-order valence-electron chi connectivity index (χ2n) is 4.10. The minimum atomic E-state index is -1.36. The first kappa shape index (κ1) is 12.9. The predicted molar refractivity (Wildman–Crippen MR) is 57.5 cm³/mol. The van der Waals surface area contributed by atoms with Crippen molar-refractivity contribution in [3.05, 3.63) is 32.9 Å². The van der Waals surface area contributed by atoms with Gasteiger partial charge in [0.25, 0.3) is 5.56 Å². The van der Waals surface area contributed by atoms with Gasteiger partial charge in [0.1, 0.15) is 12.2 Å². The van der Waals surface area contributed by atoms with Gasteiger partial charge in [0, 0.05) is 0 Å². The first-order chi connectivity index (χ1) is 8.45. The van der Waals surface area contributed by atoms with Gasteiger partial charge in [-0.05, 0) is 6.42 Å². The normalized spacial score (nSPS) is 31.8. The molecule has 0 unspecified atom stereocenters. The van der Waals surface area contributed by atoms with E-state index in [1.54, 1.807) is 11.9 Å². The lowest BCUT2D eigenvalue weighted by Crippen LogP contribution is -2.38. The highest BCUT2D eigenvalue weighted by Gasteiger charge is 2.43. The quantitative estimate of drug-likeness (QED) is 0.613. The summed E-state index contributed by atoms with van der Waals surface area (Å²) < 4.78 is 19.1. The summed E-state index contributed by atoms with van der Waals surface area (Å²) in [5, 5.41) is 19.4. The Morgan fingerprint density at radius 3 is 2.67 bits per heavy atom. The Morgan fingerprint density at radius 1 is 1.44 bits per heavy atom. The van der Waals surface area contributed by atoms with Crippen molar-refractivity contribution in [1.82, 2.24) is 9.55 Å². The third-order valence-corrected chi connectivity index (χ3v) is 2.94. The van der Waals surface area contributed by atoms with Crippen LogP contribution in [0, 0.1) is 5.82 Å². The molecule has 4 atom stereocenters. The molecule has 0 spiro atoms. The molecule has 1 aliphatic heterocycles. The van der Waals surface area contributed by atoms with Gasteiger partial charge in [0.05, 0.1) is 12.3 Å². The molecule has 18 heavy (non-hydrogen) atoms. The highest BCUT2D eigenvalue weighted by molar-refractivity contribution is 4.94. The van der Waals surface area contributed by atoms with E-state index < -0.39 is 41.6 Å². The lowest BCUT2D eigenvalue weighted by atomic mass is 10.1. The van der Waals surface area contributed by atoms with Crippen LogP contribution in [0.25, 0.3) is 0 Å². The van der Waals surface area contributed by atoms with E-state index in [2.05, 4.69) is 0 Å². The third kappa shape index (κ3) is 1.98. The zero-order valence-electron chi connectivity index (χ0n) is 9.54. The Bertz CT molecular complexity index is 554. The van der Waals surface area contributed by atoms with Gasteiger partial charge < -0.3 is 14.9 Å². The summed E-state index contributed by atoms with van der Waals surface area (Å²) >= 11 is 0. The van der Waals surface area contributed by atoms with E-state index in [4.69, 9.17) is 4.74 Å². The molecular formula is C10H13FN2O5. The molecule has 0 radical (unpaired) electrons. The van der Waals surface area contributed by atoms with E-state index in [9.17, 15) is 24.2 Å². The Balaban J connectivity index is 2.42. The number of hydrogen-bond acceptors (Lipinski definition) is 5. The molecule has 0 saturated carbocycles. The molecule has 1 fully saturated rings. The average Bonchev–Trinajstić information content (AvgIpc) is 2.61. The number of hydrogen-bond donors (Lipinski definition) is 3. The predicted octanol–water partition coefficient (Wildman–Crippen LogP) is -1.30. The van der Waals surface area contributed by atoms with Crippen LogP contribution in [-0.2, 0) is 4.74 Å². The molecule has 3 N–H and O–H groups in total. The van der Waals surface area contributed by atoms with Crippen molar-refractivity contribution in [3.8, 4) is 0 Å². The first-order valence-electron chi connectivity index (χ1n) is 5.48. The van der Waals surface area contributed by atoms with Gasteiger partial charge in [0.15, 0.2) is 6.23 Å². The number of halogens is 1. The van der Waals surface area contributed by atoms with Crippen molar-refractivity contribution in [1.29, 1.82) is 0 Å². The number of ether oxygens (including phenoxy) is 1. The fourth-order valence-corrected chi connectivity index (χ4v) is 1.95. The van der Waals surface area contributed by atoms with Crippen molar-refractivity contribution in [2.75, 3.05) is 0 Å². The van der Waals surface area contributed by atoms with Gasteiger partial charge >= 0.3 is 5.69 Å². The molecule has 0 aromatic carbocycles. The zero-order valence-corrected chi connectivity index (χ0v) is 9.54. The van der Waals surface area contributed by atoms with Gasteiger partial charge in [-0.25, -0.2) is 4.79 Å². The van der Waals surface area contributed by atoms with Gasteiger partial charge in [0.2, 0.25) is 5.82 Å². The molecule has 7 nitrogen and oxygen atoms in total. The van der Waals surface area contributed by atoms with Gasteiger partial charge in [-0.3, -0.25) is 14.3 Å². The summed E-state index contributed by atoms with van der Waals surface area (Å²) in [6.45, 7) is 1.74. The summed E-state index contributed by atoms with van der Waals surface area (Å²) in [5.41, 5.74) is -2.05. The molecule has 0 amide bonds. The number of aromatic amines is 1. The van der Waals surface area contributed by atoms with E-state index >= 15 is 0 Å². The Kier molecular flexibility index (Phi) is 3.33. The molecule has 100 valence electrons. The summed E-state index contributed by atoms with van der Waals surface area (Å²) in [6, 6.07) is 0. The van der Waals surface area contributed by atoms with Crippen LogP contribution in [0.4, 0.5) is 4.39 Å². The van der Waals surface area contributed by atoms with Crippen LogP contribution in [0.5, 0.6) is 0 Å². The molecule has 1 aromatic heterocycles. The summed E-state index contributed by atoms with van der Waals surface area (Å²) in [7, 11) is 0. The third-order valence-electron chi connectivity index (χ3n) is 2.94. The van der Waals surface area contributed by atoms with Crippen molar-refractivity contribution < 1.29 is 19.3 Å². The molecule has 0 aliphatic carbocycles. The summed E-state index contributed by atoms with van der Waals surface area (Å²) in [5.74, 6) is -1.17. The molecule has 1 aromatic rings. The second kappa shape index (κ2) is 4.63. The molecule has 0 bridgehead atoms. The maximum absolute atomic E-state index is 13.1. The second-order valence-corrected chi connectivity index (χ2v) is 4.10. The van der Waals surface area contributed by atoms with Crippen LogP contribution < -0.4 is 11.2 Å². The summed E-state index contributed by atoms with van der Waals surface area (Å²) in [4.78, 5) is 24.1. The molecule has 1 saturated heterocycles. The van der Waals surface area contributed by atoms with Crippen molar-refractivity contribution in [2.45, 2.75) is 37.9 Å².